The molecular formula is C19H23N3O. The van der Waals surface area contributed by atoms with Crippen LogP contribution in [0.1, 0.15) is 16.7 Å². The van der Waals surface area contributed by atoms with Gasteiger partial charge in [-0.1, -0.05) is 29.8 Å². The van der Waals surface area contributed by atoms with Crippen LogP contribution in [0.5, 0.6) is 0 Å². The summed E-state index contributed by atoms with van der Waals surface area (Å²) in [5, 5.41) is 0. The van der Waals surface area contributed by atoms with E-state index in [1.165, 1.54) is 11.1 Å². The molecule has 0 aliphatic carbocycles. The summed E-state index contributed by atoms with van der Waals surface area (Å²) in [7, 11) is 0. The fraction of sp³-hybridized carbons (Fsp3) is 0.368. The molecule has 0 unspecified atom stereocenters. The van der Waals surface area contributed by atoms with Crippen molar-refractivity contribution in [2.75, 3.05) is 31.1 Å². The maximum absolute atomic E-state index is 12.5. The number of piperazine rings is 1. The van der Waals surface area contributed by atoms with Gasteiger partial charge in [-0.15, -0.1) is 0 Å². The second-order valence-electron chi connectivity index (χ2n) is 6.16. The first kappa shape index (κ1) is 15.5. The van der Waals surface area contributed by atoms with Crippen LogP contribution >= 0.6 is 0 Å². The molecule has 2 heterocycles. The average molecular weight is 309 g/mol. The number of hydrogen-bond donors (Lipinski definition) is 0. The third-order valence-corrected chi connectivity index (χ3v) is 4.45. The zero-order chi connectivity index (χ0) is 16.2. The molecule has 4 heteroatoms. The van der Waals surface area contributed by atoms with Crippen molar-refractivity contribution in [2.45, 2.75) is 20.3 Å². The highest BCUT2D eigenvalue weighted by Gasteiger charge is 2.22. The number of aryl methyl sites for hydroxylation is 2. The Bertz CT molecular complexity index is 676. The minimum absolute atomic E-state index is 0.220. The maximum Gasteiger partial charge on any atom is 0.227 e. The molecule has 1 aliphatic rings. The summed E-state index contributed by atoms with van der Waals surface area (Å²) in [4.78, 5) is 21.1. The number of carbonyl (C=O) groups excluding carboxylic acids is 1. The molecule has 0 saturated carbocycles. The average Bonchev–Trinajstić information content (AvgIpc) is 2.58. The molecule has 1 aromatic carbocycles. The third-order valence-electron chi connectivity index (χ3n) is 4.45. The van der Waals surface area contributed by atoms with Gasteiger partial charge >= 0.3 is 0 Å². The van der Waals surface area contributed by atoms with Crippen LogP contribution in [-0.4, -0.2) is 42.0 Å². The van der Waals surface area contributed by atoms with Gasteiger partial charge in [0.1, 0.15) is 5.82 Å². The van der Waals surface area contributed by atoms with Crippen molar-refractivity contribution in [1.82, 2.24) is 9.88 Å². The number of pyridine rings is 1. The summed E-state index contributed by atoms with van der Waals surface area (Å²) in [6, 6.07) is 12.2. The zero-order valence-corrected chi connectivity index (χ0v) is 13.8. The van der Waals surface area contributed by atoms with Crippen molar-refractivity contribution in [3.05, 3.63) is 59.3 Å². The summed E-state index contributed by atoms with van der Waals surface area (Å²) in [6.07, 6.45) is 2.31. The maximum atomic E-state index is 12.5. The van der Waals surface area contributed by atoms with Gasteiger partial charge in [0.25, 0.3) is 0 Å². The van der Waals surface area contributed by atoms with Gasteiger partial charge in [-0.3, -0.25) is 4.79 Å². The van der Waals surface area contributed by atoms with E-state index in [2.05, 4.69) is 41.9 Å². The molecule has 23 heavy (non-hydrogen) atoms. The summed E-state index contributed by atoms with van der Waals surface area (Å²) in [5.41, 5.74) is 3.57. The molecule has 1 aromatic heterocycles. The van der Waals surface area contributed by atoms with E-state index in [1.54, 1.807) is 0 Å². The Kier molecular flexibility index (Phi) is 4.60. The molecular weight excluding hydrogens is 286 g/mol. The van der Waals surface area contributed by atoms with E-state index in [9.17, 15) is 4.79 Å². The summed E-state index contributed by atoms with van der Waals surface area (Å²) in [6.45, 7) is 7.37. The smallest absolute Gasteiger partial charge is 0.227 e. The van der Waals surface area contributed by atoms with Crippen LogP contribution in [0.2, 0.25) is 0 Å². The number of anilines is 1. The molecule has 0 atom stereocenters. The van der Waals surface area contributed by atoms with E-state index < -0.39 is 0 Å². The Morgan fingerprint density at radius 1 is 1.09 bits per heavy atom. The van der Waals surface area contributed by atoms with E-state index >= 15 is 0 Å². The van der Waals surface area contributed by atoms with E-state index in [0.717, 1.165) is 37.6 Å². The lowest BCUT2D eigenvalue weighted by molar-refractivity contribution is -0.130. The Morgan fingerprint density at radius 2 is 1.87 bits per heavy atom. The Hall–Kier alpha value is -2.36. The lowest BCUT2D eigenvalue weighted by atomic mass is 10.0. The number of carbonyl (C=O) groups is 1. The van der Waals surface area contributed by atoms with Crippen LogP contribution in [0, 0.1) is 13.8 Å². The van der Waals surface area contributed by atoms with Gasteiger partial charge < -0.3 is 9.80 Å². The highest BCUT2D eigenvalue weighted by atomic mass is 16.2. The van der Waals surface area contributed by atoms with Crippen molar-refractivity contribution in [1.29, 1.82) is 0 Å². The van der Waals surface area contributed by atoms with Crippen LogP contribution < -0.4 is 4.90 Å². The summed E-state index contributed by atoms with van der Waals surface area (Å²) >= 11 is 0. The molecule has 0 spiro atoms. The number of rotatable bonds is 3. The quantitative estimate of drug-likeness (QED) is 0.874. The van der Waals surface area contributed by atoms with Crippen molar-refractivity contribution in [3.63, 3.8) is 0 Å². The van der Waals surface area contributed by atoms with Crippen molar-refractivity contribution in [3.8, 4) is 0 Å². The Balaban J connectivity index is 1.58. The van der Waals surface area contributed by atoms with E-state index in [0.29, 0.717) is 6.42 Å². The second-order valence-corrected chi connectivity index (χ2v) is 6.16. The summed E-state index contributed by atoms with van der Waals surface area (Å²) in [5.74, 6) is 1.21. The number of hydrogen-bond acceptors (Lipinski definition) is 3. The van der Waals surface area contributed by atoms with E-state index in [4.69, 9.17) is 0 Å². The first-order valence-corrected chi connectivity index (χ1v) is 8.13. The molecule has 1 amide bonds. The van der Waals surface area contributed by atoms with Crippen LogP contribution in [0.25, 0.3) is 0 Å². The van der Waals surface area contributed by atoms with Gasteiger partial charge in [-0.05, 0) is 37.1 Å². The van der Waals surface area contributed by atoms with Gasteiger partial charge in [-0.2, -0.15) is 0 Å². The first-order chi connectivity index (χ1) is 11.1. The van der Waals surface area contributed by atoms with Crippen LogP contribution in [0.15, 0.2) is 42.6 Å². The molecule has 2 aromatic rings. The number of amides is 1. The lowest BCUT2D eigenvalue weighted by Gasteiger charge is -2.35. The Morgan fingerprint density at radius 3 is 2.52 bits per heavy atom. The van der Waals surface area contributed by atoms with E-state index in [-0.39, 0.29) is 5.91 Å². The predicted octanol–water partition coefficient (Wildman–Crippen LogP) is 2.59. The molecule has 1 fully saturated rings. The van der Waals surface area contributed by atoms with Crippen LogP contribution in [0.3, 0.4) is 0 Å². The fourth-order valence-corrected chi connectivity index (χ4v) is 3.04. The SMILES string of the molecule is Cc1ccc(CC(=O)N2CCN(c3ccccn3)CC2)c(C)c1. The largest absolute Gasteiger partial charge is 0.353 e. The molecule has 1 aliphatic heterocycles. The highest BCUT2D eigenvalue weighted by Crippen LogP contribution is 2.15. The molecule has 0 radical (unpaired) electrons. The number of benzene rings is 1. The molecule has 0 N–H and O–H groups in total. The number of nitrogens with zero attached hydrogens (tertiary/aromatic N) is 3. The topological polar surface area (TPSA) is 36.4 Å². The molecule has 3 rings (SSSR count). The van der Waals surface area contributed by atoms with Gasteiger partial charge in [0.2, 0.25) is 5.91 Å². The van der Waals surface area contributed by atoms with Gasteiger partial charge in [0.05, 0.1) is 6.42 Å². The third kappa shape index (κ3) is 3.70. The molecule has 1 saturated heterocycles. The molecule has 120 valence electrons. The molecule has 0 bridgehead atoms. The van der Waals surface area contributed by atoms with Crippen LogP contribution in [0.4, 0.5) is 5.82 Å². The lowest BCUT2D eigenvalue weighted by Crippen LogP contribution is -2.49. The van der Waals surface area contributed by atoms with Gasteiger partial charge in [-0.25, -0.2) is 4.98 Å². The Labute approximate surface area is 137 Å². The normalized spacial score (nSPS) is 14.9. The molecule has 4 nitrogen and oxygen atoms in total. The predicted molar refractivity (Wildman–Crippen MR) is 92.7 cm³/mol. The van der Waals surface area contributed by atoms with Crippen molar-refractivity contribution < 1.29 is 4.79 Å². The minimum Gasteiger partial charge on any atom is -0.353 e. The van der Waals surface area contributed by atoms with Crippen LogP contribution in [-0.2, 0) is 11.2 Å². The van der Waals surface area contributed by atoms with Gasteiger partial charge in [0, 0.05) is 32.4 Å². The summed E-state index contributed by atoms with van der Waals surface area (Å²) < 4.78 is 0. The van der Waals surface area contributed by atoms with E-state index in [1.807, 2.05) is 29.3 Å². The van der Waals surface area contributed by atoms with Crippen molar-refractivity contribution in [2.24, 2.45) is 0 Å². The fourth-order valence-electron chi connectivity index (χ4n) is 3.04. The highest BCUT2D eigenvalue weighted by molar-refractivity contribution is 5.79. The first-order valence-electron chi connectivity index (χ1n) is 8.13. The van der Waals surface area contributed by atoms with Crippen molar-refractivity contribution >= 4 is 11.7 Å². The monoisotopic (exact) mass is 309 g/mol. The number of aromatic nitrogens is 1. The minimum atomic E-state index is 0.220. The second kappa shape index (κ2) is 6.82. The van der Waals surface area contributed by atoms with Gasteiger partial charge in [0.15, 0.2) is 0 Å². The zero-order valence-electron chi connectivity index (χ0n) is 13.8. The standard InChI is InChI=1S/C19H23N3O/c1-15-6-7-17(16(2)13-15)14-19(23)22-11-9-21(10-12-22)18-5-3-4-8-20-18/h3-8,13H,9-12,14H2,1-2H3.